The highest BCUT2D eigenvalue weighted by Gasteiger charge is 2.11. The van der Waals surface area contributed by atoms with Crippen molar-refractivity contribution in [3.63, 3.8) is 0 Å². The number of aliphatic hydroxyl groups excluding tert-OH is 1. The summed E-state index contributed by atoms with van der Waals surface area (Å²) in [5.74, 6) is 0. The van der Waals surface area contributed by atoms with E-state index in [1.165, 1.54) is 5.56 Å². The number of rotatable bonds is 8. The van der Waals surface area contributed by atoms with Crippen LogP contribution in [0.2, 0.25) is 5.02 Å². The van der Waals surface area contributed by atoms with Gasteiger partial charge in [-0.3, -0.25) is 0 Å². The molecule has 2 N–H and O–H groups in total. The molecule has 0 aliphatic rings. The molecule has 0 radical (unpaired) electrons. The van der Waals surface area contributed by atoms with Gasteiger partial charge in [0, 0.05) is 23.3 Å². The molecule has 0 aliphatic carbocycles. The Kier molecular flexibility index (Phi) is 7.75. The van der Waals surface area contributed by atoms with E-state index in [-0.39, 0.29) is 6.61 Å². The van der Waals surface area contributed by atoms with Gasteiger partial charge < -0.3 is 10.4 Å². The molecule has 4 heteroatoms. The Morgan fingerprint density at radius 3 is 2.89 bits per heavy atom. The molecule has 1 unspecified atom stereocenters. The SMILES string of the molecule is CCCNCc1cccc(Cl)c1SC(C)CCO. The minimum Gasteiger partial charge on any atom is -0.396 e. The molecule has 0 saturated carbocycles. The summed E-state index contributed by atoms with van der Waals surface area (Å²) in [6.07, 6.45) is 1.92. The van der Waals surface area contributed by atoms with Gasteiger partial charge >= 0.3 is 0 Å². The molecule has 1 aromatic rings. The maximum atomic E-state index is 8.97. The maximum Gasteiger partial charge on any atom is 0.0545 e. The Hall–Kier alpha value is -0.220. The lowest BCUT2D eigenvalue weighted by molar-refractivity contribution is 0.289. The number of aliphatic hydroxyl groups is 1. The number of nitrogens with one attached hydrogen (secondary N) is 1. The molecule has 0 amide bonds. The van der Waals surface area contributed by atoms with Crippen molar-refractivity contribution in [1.29, 1.82) is 0 Å². The molecule has 0 fully saturated rings. The summed E-state index contributed by atoms with van der Waals surface area (Å²) >= 11 is 8.02. The van der Waals surface area contributed by atoms with Crippen LogP contribution in [0.1, 0.15) is 32.3 Å². The molecule has 0 aromatic heterocycles. The van der Waals surface area contributed by atoms with Crippen LogP contribution in [0.5, 0.6) is 0 Å². The largest absolute Gasteiger partial charge is 0.396 e. The molecular formula is C14H22ClNOS. The van der Waals surface area contributed by atoms with Gasteiger partial charge in [-0.25, -0.2) is 0 Å². The molecule has 1 rings (SSSR count). The van der Waals surface area contributed by atoms with Crippen molar-refractivity contribution < 1.29 is 5.11 Å². The van der Waals surface area contributed by atoms with Gasteiger partial charge in [0.05, 0.1) is 5.02 Å². The third-order valence-electron chi connectivity index (χ3n) is 2.65. The van der Waals surface area contributed by atoms with Crippen molar-refractivity contribution in [2.45, 2.75) is 43.4 Å². The smallest absolute Gasteiger partial charge is 0.0545 e. The van der Waals surface area contributed by atoms with Crippen LogP contribution < -0.4 is 5.32 Å². The summed E-state index contributed by atoms with van der Waals surface area (Å²) < 4.78 is 0. The van der Waals surface area contributed by atoms with Crippen LogP contribution in [0.25, 0.3) is 0 Å². The average molecular weight is 288 g/mol. The van der Waals surface area contributed by atoms with Crippen LogP contribution in [-0.2, 0) is 6.54 Å². The topological polar surface area (TPSA) is 32.3 Å². The van der Waals surface area contributed by atoms with E-state index >= 15 is 0 Å². The molecule has 2 nitrogen and oxygen atoms in total. The third kappa shape index (κ3) is 5.19. The Balaban J connectivity index is 2.73. The minimum atomic E-state index is 0.224. The normalized spacial score (nSPS) is 12.7. The van der Waals surface area contributed by atoms with Gasteiger partial charge in [-0.1, -0.05) is 37.6 Å². The van der Waals surface area contributed by atoms with Crippen molar-refractivity contribution in [1.82, 2.24) is 5.32 Å². The fourth-order valence-electron chi connectivity index (χ4n) is 1.67. The van der Waals surface area contributed by atoms with Crippen LogP contribution in [0.3, 0.4) is 0 Å². The molecule has 1 atom stereocenters. The minimum absolute atomic E-state index is 0.224. The van der Waals surface area contributed by atoms with Gasteiger partial charge in [-0.15, -0.1) is 11.8 Å². The molecule has 0 heterocycles. The Morgan fingerprint density at radius 1 is 1.44 bits per heavy atom. The van der Waals surface area contributed by atoms with E-state index in [9.17, 15) is 0 Å². The summed E-state index contributed by atoms with van der Waals surface area (Å²) in [6.45, 7) is 6.37. The second-order valence-electron chi connectivity index (χ2n) is 4.35. The van der Waals surface area contributed by atoms with Crippen molar-refractivity contribution in [2.24, 2.45) is 0 Å². The van der Waals surface area contributed by atoms with Crippen LogP contribution in [-0.4, -0.2) is 23.5 Å². The summed E-state index contributed by atoms with van der Waals surface area (Å²) in [5.41, 5.74) is 1.24. The Morgan fingerprint density at radius 2 is 2.22 bits per heavy atom. The predicted molar refractivity (Wildman–Crippen MR) is 80.5 cm³/mol. The fourth-order valence-corrected chi connectivity index (χ4v) is 3.09. The second-order valence-corrected chi connectivity index (χ2v) is 6.20. The van der Waals surface area contributed by atoms with Crippen molar-refractivity contribution in [2.75, 3.05) is 13.2 Å². The zero-order valence-electron chi connectivity index (χ0n) is 11.1. The molecule has 0 bridgehead atoms. The quantitative estimate of drug-likeness (QED) is 0.565. The lowest BCUT2D eigenvalue weighted by Gasteiger charge is -2.15. The Bertz CT molecular complexity index is 360. The van der Waals surface area contributed by atoms with E-state index in [1.54, 1.807) is 11.8 Å². The highest BCUT2D eigenvalue weighted by molar-refractivity contribution is 8.00. The second kappa shape index (κ2) is 8.81. The molecule has 0 saturated heterocycles. The third-order valence-corrected chi connectivity index (χ3v) is 4.43. The monoisotopic (exact) mass is 287 g/mol. The number of halogens is 1. The maximum absolute atomic E-state index is 8.97. The standard InChI is InChI=1S/C14H22ClNOS/c1-3-8-16-10-12-5-4-6-13(15)14(12)18-11(2)7-9-17/h4-6,11,16-17H,3,7-10H2,1-2H3. The van der Waals surface area contributed by atoms with Crippen LogP contribution in [0.15, 0.2) is 23.1 Å². The van der Waals surface area contributed by atoms with Gasteiger partial charge in [0.15, 0.2) is 0 Å². The first kappa shape index (κ1) is 15.8. The van der Waals surface area contributed by atoms with E-state index in [1.807, 2.05) is 12.1 Å². The molecule has 102 valence electrons. The van der Waals surface area contributed by atoms with E-state index in [0.29, 0.717) is 5.25 Å². The van der Waals surface area contributed by atoms with Gasteiger partial charge in [0.2, 0.25) is 0 Å². The molecular weight excluding hydrogens is 266 g/mol. The van der Waals surface area contributed by atoms with E-state index in [4.69, 9.17) is 16.7 Å². The summed E-state index contributed by atoms with van der Waals surface area (Å²) in [7, 11) is 0. The first-order chi connectivity index (χ1) is 8.69. The van der Waals surface area contributed by atoms with Gasteiger partial charge in [-0.05, 0) is 31.0 Å². The lowest BCUT2D eigenvalue weighted by Crippen LogP contribution is -2.14. The zero-order valence-corrected chi connectivity index (χ0v) is 12.7. The molecule has 18 heavy (non-hydrogen) atoms. The van der Waals surface area contributed by atoms with E-state index in [0.717, 1.165) is 35.8 Å². The van der Waals surface area contributed by atoms with Crippen LogP contribution in [0.4, 0.5) is 0 Å². The average Bonchev–Trinajstić information content (AvgIpc) is 2.34. The first-order valence-electron chi connectivity index (χ1n) is 6.44. The summed E-state index contributed by atoms with van der Waals surface area (Å²) in [5, 5.41) is 13.6. The van der Waals surface area contributed by atoms with Crippen molar-refractivity contribution in [3.05, 3.63) is 28.8 Å². The summed E-state index contributed by atoms with van der Waals surface area (Å²) in [6, 6.07) is 6.04. The van der Waals surface area contributed by atoms with Gasteiger partial charge in [-0.2, -0.15) is 0 Å². The molecule has 1 aromatic carbocycles. The van der Waals surface area contributed by atoms with E-state index in [2.05, 4.69) is 25.2 Å². The fraction of sp³-hybridized carbons (Fsp3) is 0.571. The first-order valence-corrected chi connectivity index (χ1v) is 7.70. The van der Waals surface area contributed by atoms with Crippen molar-refractivity contribution in [3.8, 4) is 0 Å². The highest BCUT2D eigenvalue weighted by atomic mass is 35.5. The number of hydrogen-bond acceptors (Lipinski definition) is 3. The lowest BCUT2D eigenvalue weighted by atomic mass is 10.2. The van der Waals surface area contributed by atoms with Crippen molar-refractivity contribution >= 4 is 23.4 Å². The predicted octanol–water partition coefficient (Wildman–Crippen LogP) is 3.70. The zero-order chi connectivity index (χ0) is 13.4. The summed E-state index contributed by atoms with van der Waals surface area (Å²) in [4.78, 5) is 1.14. The van der Waals surface area contributed by atoms with Gasteiger partial charge in [0.1, 0.15) is 0 Å². The number of hydrogen-bond donors (Lipinski definition) is 2. The van der Waals surface area contributed by atoms with Gasteiger partial charge in [0.25, 0.3) is 0 Å². The molecule has 0 spiro atoms. The highest BCUT2D eigenvalue weighted by Crippen LogP contribution is 2.34. The Labute approximate surface area is 119 Å². The number of benzene rings is 1. The molecule has 0 aliphatic heterocycles. The number of thioether (sulfide) groups is 1. The van der Waals surface area contributed by atoms with Crippen LogP contribution >= 0.6 is 23.4 Å². The van der Waals surface area contributed by atoms with Crippen LogP contribution in [0, 0.1) is 0 Å². The van der Waals surface area contributed by atoms with E-state index < -0.39 is 0 Å².